The molecule has 0 radical (unpaired) electrons. The highest BCUT2D eigenvalue weighted by Gasteiger charge is 2.15. The Hall–Kier alpha value is -2.72. The van der Waals surface area contributed by atoms with E-state index in [0.717, 1.165) is 27.6 Å². The van der Waals surface area contributed by atoms with Gasteiger partial charge in [0, 0.05) is 17.1 Å². The second-order valence-electron chi connectivity index (χ2n) is 5.23. The third kappa shape index (κ3) is 2.56. The van der Waals surface area contributed by atoms with Gasteiger partial charge in [0.2, 0.25) is 0 Å². The van der Waals surface area contributed by atoms with Crippen LogP contribution < -0.4 is 0 Å². The van der Waals surface area contributed by atoms with Crippen molar-refractivity contribution in [1.82, 2.24) is 4.98 Å². The molecule has 22 heavy (non-hydrogen) atoms. The van der Waals surface area contributed by atoms with Gasteiger partial charge in [0.15, 0.2) is 6.10 Å². The summed E-state index contributed by atoms with van der Waals surface area (Å²) in [5, 5.41) is 19.4. The number of hydrogen-bond acceptors (Lipinski definition) is 3. The zero-order valence-electron chi connectivity index (χ0n) is 12.0. The molecule has 0 aliphatic carbocycles. The molecule has 0 amide bonds. The Bertz CT molecular complexity index is 841. The maximum absolute atomic E-state index is 10.8. The first kappa shape index (κ1) is 14.2. The topological polar surface area (TPSA) is 70.4 Å². The van der Waals surface area contributed by atoms with Crippen LogP contribution in [0.25, 0.3) is 22.0 Å². The van der Waals surface area contributed by atoms with E-state index in [4.69, 9.17) is 5.11 Å². The Labute approximate surface area is 127 Å². The third-order valence-electron chi connectivity index (χ3n) is 3.71. The Balaban J connectivity index is 1.99. The summed E-state index contributed by atoms with van der Waals surface area (Å²) < 4.78 is 0. The van der Waals surface area contributed by atoms with Crippen molar-refractivity contribution in [2.75, 3.05) is 0 Å². The van der Waals surface area contributed by atoms with E-state index >= 15 is 0 Å². The van der Waals surface area contributed by atoms with Crippen LogP contribution in [0.4, 0.5) is 0 Å². The molecule has 3 rings (SSSR count). The van der Waals surface area contributed by atoms with Gasteiger partial charge in [0.1, 0.15) is 0 Å². The molecule has 0 aliphatic rings. The molecule has 0 spiro atoms. The Morgan fingerprint density at radius 3 is 2.50 bits per heavy atom. The number of aromatic nitrogens is 1. The van der Waals surface area contributed by atoms with Gasteiger partial charge in [-0.15, -0.1) is 0 Å². The fraction of sp³-hybridized carbons (Fsp3) is 0.111. The number of aliphatic hydroxyl groups is 1. The molecular formula is C18H15NO3. The zero-order chi connectivity index (χ0) is 15.7. The average molecular weight is 293 g/mol. The Kier molecular flexibility index (Phi) is 3.61. The molecule has 0 fully saturated rings. The van der Waals surface area contributed by atoms with Crippen molar-refractivity contribution in [3.05, 3.63) is 65.9 Å². The second kappa shape index (κ2) is 5.58. The largest absolute Gasteiger partial charge is 0.479 e. The predicted molar refractivity (Wildman–Crippen MR) is 84.5 cm³/mol. The van der Waals surface area contributed by atoms with Crippen LogP contribution in [0.3, 0.4) is 0 Å². The van der Waals surface area contributed by atoms with E-state index < -0.39 is 12.1 Å². The van der Waals surface area contributed by atoms with Crippen LogP contribution >= 0.6 is 0 Å². The highest BCUT2D eigenvalue weighted by atomic mass is 16.4. The molecule has 1 atom stereocenters. The summed E-state index contributed by atoms with van der Waals surface area (Å²) in [6.45, 7) is 2.02. The molecule has 4 nitrogen and oxygen atoms in total. The standard InChI is InChI=1S/C18H15NO3/c1-11-3-2-4-14-9-15(10-19-16(11)14)12-5-7-13(8-6-12)17(20)18(21)22/h2-10,17,20H,1H3,(H,21,22)/t17-/m1/s1. The number of nitrogens with zero attached hydrogens (tertiary/aromatic N) is 1. The van der Waals surface area contributed by atoms with Crippen LogP contribution in [0.15, 0.2) is 54.7 Å². The molecule has 3 aromatic rings. The van der Waals surface area contributed by atoms with Gasteiger partial charge in [-0.1, -0.05) is 42.5 Å². The number of benzene rings is 2. The molecule has 1 aromatic heterocycles. The highest BCUT2D eigenvalue weighted by molar-refractivity contribution is 5.85. The SMILES string of the molecule is Cc1cccc2cc(-c3ccc([C@@H](O)C(=O)O)cc3)cnc12. The number of rotatable bonds is 3. The third-order valence-corrected chi connectivity index (χ3v) is 3.71. The number of pyridine rings is 1. The van der Waals surface area contributed by atoms with E-state index in [1.165, 1.54) is 0 Å². The van der Waals surface area contributed by atoms with Gasteiger partial charge in [-0.3, -0.25) is 4.98 Å². The van der Waals surface area contributed by atoms with Crippen LogP contribution in [0.5, 0.6) is 0 Å². The molecule has 0 bridgehead atoms. The Morgan fingerprint density at radius 2 is 1.82 bits per heavy atom. The molecular weight excluding hydrogens is 278 g/mol. The van der Waals surface area contributed by atoms with Gasteiger partial charge in [-0.25, -0.2) is 4.79 Å². The summed E-state index contributed by atoms with van der Waals surface area (Å²) in [6.07, 6.45) is 0.309. The average Bonchev–Trinajstić information content (AvgIpc) is 2.54. The summed E-state index contributed by atoms with van der Waals surface area (Å²) in [4.78, 5) is 15.3. The van der Waals surface area contributed by atoms with Crippen LogP contribution in [0.1, 0.15) is 17.2 Å². The summed E-state index contributed by atoms with van der Waals surface area (Å²) >= 11 is 0. The van der Waals surface area contributed by atoms with Gasteiger partial charge in [-0.2, -0.15) is 0 Å². The lowest BCUT2D eigenvalue weighted by Gasteiger charge is -2.08. The van der Waals surface area contributed by atoms with Crippen LogP contribution in [-0.2, 0) is 4.79 Å². The molecule has 110 valence electrons. The van der Waals surface area contributed by atoms with E-state index in [0.29, 0.717) is 5.56 Å². The molecule has 0 unspecified atom stereocenters. The number of fused-ring (bicyclic) bond motifs is 1. The number of carboxylic acids is 1. The number of aryl methyl sites for hydroxylation is 1. The predicted octanol–water partition coefficient (Wildman–Crippen LogP) is 3.33. The first-order valence-electron chi connectivity index (χ1n) is 6.93. The summed E-state index contributed by atoms with van der Waals surface area (Å²) in [7, 11) is 0. The number of hydrogen-bond donors (Lipinski definition) is 2. The molecule has 0 aliphatic heterocycles. The number of carbonyl (C=O) groups is 1. The quantitative estimate of drug-likeness (QED) is 0.777. The molecule has 2 aromatic carbocycles. The summed E-state index contributed by atoms with van der Waals surface area (Å²) in [5.74, 6) is -1.25. The number of aliphatic hydroxyl groups excluding tert-OH is 1. The second-order valence-corrected chi connectivity index (χ2v) is 5.23. The van der Waals surface area contributed by atoms with Crippen molar-refractivity contribution in [2.45, 2.75) is 13.0 Å². The van der Waals surface area contributed by atoms with Crippen molar-refractivity contribution in [3.8, 4) is 11.1 Å². The number of para-hydroxylation sites is 1. The minimum atomic E-state index is -1.49. The fourth-order valence-electron chi connectivity index (χ4n) is 2.47. The van der Waals surface area contributed by atoms with E-state index in [1.807, 2.05) is 25.1 Å². The van der Waals surface area contributed by atoms with Crippen molar-refractivity contribution in [2.24, 2.45) is 0 Å². The maximum Gasteiger partial charge on any atom is 0.337 e. The van der Waals surface area contributed by atoms with E-state index in [2.05, 4.69) is 11.1 Å². The van der Waals surface area contributed by atoms with Crippen LogP contribution in [0, 0.1) is 6.92 Å². The van der Waals surface area contributed by atoms with Crippen molar-refractivity contribution in [1.29, 1.82) is 0 Å². The van der Waals surface area contributed by atoms with E-state index in [9.17, 15) is 9.90 Å². The lowest BCUT2D eigenvalue weighted by molar-refractivity contribution is -0.146. The van der Waals surface area contributed by atoms with E-state index in [1.54, 1.807) is 30.5 Å². The molecule has 1 heterocycles. The van der Waals surface area contributed by atoms with Crippen molar-refractivity contribution in [3.63, 3.8) is 0 Å². The molecule has 0 saturated carbocycles. The first-order chi connectivity index (χ1) is 10.6. The van der Waals surface area contributed by atoms with Gasteiger partial charge < -0.3 is 10.2 Å². The fourth-order valence-corrected chi connectivity index (χ4v) is 2.47. The smallest absolute Gasteiger partial charge is 0.337 e. The van der Waals surface area contributed by atoms with Crippen molar-refractivity contribution >= 4 is 16.9 Å². The van der Waals surface area contributed by atoms with Crippen LogP contribution in [0.2, 0.25) is 0 Å². The minimum absolute atomic E-state index is 0.362. The van der Waals surface area contributed by atoms with Gasteiger partial charge in [0.05, 0.1) is 5.52 Å². The van der Waals surface area contributed by atoms with E-state index in [-0.39, 0.29) is 0 Å². The maximum atomic E-state index is 10.8. The highest BCUT2D eigenvalue weighted by Crippen LogP contribution is 2.25. The number of aliphatic carboxylic acids is 1. The van der Waals surface area contributed by atoms with Gasteiger partial charge >= 0.3 is 5.97 Å². The molecule has 4 heteroatoms. The van der Waals surface area contributed by atoms with Gasteiger partial charge in [-0.05, 0) is 29.7 Å². The number of carboxylic acid groups (broad SMARTS) is 1. The molecule has 2 N–H and O–H groups in total. The normalized spacial score (nSPS) is 12.3. The lowest BCUT2D eigenvalue weighted by Crippen LogP contribution is -2.10. The van der Waals surface area contributed by atoms with Gasteiger partial charge in [0.25, 0.3) is 0 Å². The molecule has 0 saturated heterocycles. The minimum Gasteiger partial charge on any atom is -0.479 e. The summed E-state index contributed by atoms with van der Waals surface area (Å²) in [5.41, 5.74) is 4.35. The Morgan fingerprint density at radius 1 is 1.09 bits per heavy atom. The summed E-state index contributed by atoms with van der Waals surface area (Å²) in [6, 6.07) is 14.9. The van der Waals surface area contributed by atoms with Crippen LogP contribution in [-0.4, -0.2) is 21.2 Å². The van der Waals surface area contributed by atoms with Crippen molar-refractivity contribution < 1.29 is 15.0 Å². The first-order valence-corrected chi connectivity index (χ1v) is 6.93. The lowest BCUT2D eigenvalue weighted by atomic mass is 10.0. The monoisotopic (exact) mass is 293 g/mol. The zero-order valence-corrected chi connectivity index (χ0v) is 12.0.